The number of hydrogen-bond donors (Lipinski definition) is 0. The van der Waals surface area contributed by atoms with Gasteiger partial charge in [0.15, 0.2) is 0 Å². The van der Waals surface area contributed by atoms with Gasteiger partial charge < -0.3 is 0 Å². The van der Waals surface area contributed by atoms with E-state index < -0.39 is 0 Å². The molecule has 1 atom stereocenters. The van der Waals surface area contributed by atoms with Crippen molar-refractivity contribution in [2.75, 3.05) is 13.1 Å². The van der Waals surface area contributed by atoms with Crippen LogP contribution in [0.25, 0.3) is 0 Å². The third kappa shape index (κ3) is 3.97. The molecule has 2 aromatic carbocycles. The second-order valence-electron chi connectivity index (χ2n) is 5.78. The Labute approximate surface area is 143 Å². The third-order valence-electron chi connectivity index (χ3n) is 4.19. The van der Waals surface area contributed by atoms with Crippen LogP contribution in [-0.2, 0) is 13.0 Å². The molecular formula is C18H19Br2N. The van der Waals surface area contributed by atoms with Crippen molar-refractivity contribution in [2.45, 2.75) is 19.4 Å². The zero-order valence-corrected chi connectivity index (χ0v) is 15.1. The maximum Gasteiger partial charge on any atom is 0.0245 e. The van der Waals surface area contributed by atoms with Crippen LogP contribution in [0.2, 0.25) is 0 Å². The van der Waals surface area contributed by atoms with Gasteiger partial charge in [-0.3, -0.25) is 4.90 Å². The minimum absolute atomic E-state index is 0.770. The molecule has 1 fully saturated rings. The normalized spacial score (nSPS) is 19.0. The molecule has 1 heterocycles. The molecule has 21 heavy (non-hydrogen) atoms. The highest BCUT2D eigenvalue weighted by atomic mass is 79.9. The molecule has 1 aliphatic heterocycles. The van der Waals surface area contributed by atoms with E-state index in [1.807, 2.05) is 0 Å². The van der Waals surface area contributed by atoms with E-state index in [1.54, 1.807) is 0 Å². The number of benzene rings is 2. The molecule has 110 valence electrons. The summed E-state index contributed by atoms with van der Waals surface area (Å²) < 4.78 is 2.47. The van der Waals surface area contributed by atoms with Gasteiger partial charge in [0.05, 0.1) is 0 Å². The molecule has 1 aliphatic rings. The molecule has 3 rings (SSSR count). The second-order valence-corrected chi connectivity index (χ2v) is 7.49. The zero-order chi connectivity index (χ0) is 14.7. The summed E-state index contributed by atoms with van der Waals surface area (Å²) in [6.45, 7) is 3.45. The molecule has 1 unspecified atom stereocenters. The highest BCUT2D eigenvalue weighted by Gasteiger charge is 2.23. The van der Waals surface area contributed by atoms with Crippen LogP contribution in [0.1, 0.15) is 17.5 Å². The molecule has 0 aromatic heterocycles. The van der Waals surface area contributed by atoms with Gasteiger partial charge in [-0.1, -0.05) is 68.3 Å². The molecule has 2 aromatic rings. The first-order valence-corrected chi connectivity index (χ1v) is 9.00. The Hall–Kier alpha value is -0.640. The Balaban J connectivity index is 1.59. The molecule has 0 aliphatic carbocycles. The Bertz CT molecular complexity index is 558. The Morgan fingerprint density at radius 3 is 2.19 bits per heavy atom. The molecule has 1 saturated heterocycles. The summed E-state index contributed by atoms with van der Waals surface area (Å²) in [7, 11) is 0. The Morgan fingerprint density at radius 1 is 0.905 bits per heavy atom. The van der Waals surface area contributed by atoms with Gasteiger partial charge in [-0.2, -0.15) is 0 Å². The molecule has 0 saturated carbocycles. The molecule has 0 amide bonds. The quantitative estimate of drug-likeness (QED) is 0.665. The maximum atomic E-state index is 3.66. The summed E-state index contributed by atoms with van der Waals surface area (Å²) in [4.78, 5) is 2.57. The predicted molar refractivity (Wildman–Crippen MR) is 95.4 cm³/mol. The van der Waals surface area contributed by atoms with Crippen LogP contribution in [0.3, 0.4) is 0 Å². The minimum atomic E-state index is 0.770. The molecule has 0 spiro atoms. The number of likely N-dealkylation sites (tertiary alicyclic amines) is 1. The summed E-state index contributed by atoms with van der Waals surface area (Å²) in [6, 6.07) is 17.1. The average Bonchev–Trinajstić information content (AvgIpc) is 2.91. The van der Waals surface area contributed by atoms with Gasteiger partial charge in [0.2, 0.25) is 0 Å². The monoisotopic (exact) mass is 407 g/mol. The molecule has 1 nitrogen and oxygen atoms in total. The van der Waals surface area contributed by atoms with Crippen molar-refractivity contribution in [2.24, 2.45) is 5.92 Å². The van der Waals surface area contributed by atoms with E-state index >= 15 is 0 Å². The van der Waals surface area contributed by atoms with E-state index in [4.69, 9.17) is 0 Å². The summed E-state index contributed by atoms with van der Waals surface area (Å²) in [5.74, 6) is 0.770. The smallest absolute Gasteiger partial charge is 0.0245 e. The zero-order valence-electron chi connectivity index (χ0n) is 11.9. The van der Waals surface area contributed by atoms with Gasteiger partial charge in [0, 0.05) is 22.0 Å². The maximum absolute atomic E-state index is 3.66. The van der Waals surface area contributed by atoms with Crippen molar-refractivity contribution in [3.63, 3.8) is 0 Å². The third-order valence-corrected chi connectivity index (χ3v) is 5.74. The molecular weight excluding hydrogens is 390 g/mol. The van der Waals surface area contributed by atoms with Crippen molar-refractivity contribution in [1.82, 2.24) is 4.90 Å². The number of rotatable bonds is 4. The lowest BCUT2D eigenvalue weighted by molar-refractivity contribution is 0.316. The van der Waals surface area contributed by atoms with E-state index in [-0.39, 0.29) is 0 Å². The van der Waals surface area contributed by atoms with E-state index in [1.165, 1.54) is 46.0 Å². The van der Waals surface area contributed by atoms with Crippen LogP contribution in [0.5, 0.6) is 0 Å². The van der Waals surface area contributed by atoms with Crippen LogP contribution in [-0.4, -0.2) is 18.0 Å². The predicted octanol–water partition coefficient (Wildman–Crippen LogP) is 5.28. The van der Waals surface area contributed by atoms with Gasteiger partial charge in [0.25, 0.3) is 0 Å². The fourth-order valence-electron chi connectivity index (χ4n) is 3.07. The average molecular weight is 409 g/mol. The number of hydrogen-bond acceptors (Lipinski definition) is 1. The first kappa shape index (κ1) is 15.3. The highest BCUT2D eigenvalue weighted by Crippen LogP contribution is 2.27. The molecule has 0 N–H and O–H groups in total. The second kappa shape index (κ2) is 7.08. The van der Waals surface area contributed by atoms with Crippen molar-refractivity contribution in [1.29, 1.82) is 0 Å². The van der Waals surface area contributed by atoms with Crippen LogP contribution in [0, 0.1) is 5.92 Å². The number of nitrogens with zero attached hydrogens (tertiary/aromatic N) is 1. The summed E-state index contributed by atoms with van der Waals surface area (Å²) in [6.07, 6.45) is 2.47. The van der Waals surface area contributed by atoms with E-state index in [0.29, 0.717) is 0 Å². The Kier molecular flexibility index (Phi) is 5.15. The summed E-state index contributed by atoms with van der Waals surface area (Å²) in [5.41, 5.74) is 2.82. The van der Waals surface area contributed by atoms with Crippen LogP contribution in [0.4, 0.5) is 0 Å². The van der Waals surface area contributed by atoms with Gasteiger partial charge in [-0.05, 0) is 48.6 Å². The molecule has 0 radical (unpaired) electrons. The minimum Gasteiger partial charge on any atom is -0.299 e. The van der Waals surface area contributed by atoms with Gasteiger partial charge in [-0.25, -0.2) is 0 Å². The lowest BCUT2D eigenvalue weighted by atomic mass is 9.99. The van der Waals surface area contributed by atoms with E-state index in [2.05, 4.69) is 85.3 Å². The lowest BCUT2D eigenvalue weighted by Gasteiger charge is -2.17. The van der Waals surface area contributed by atoms with E-state index in [9.17, 15) is 0 Å². The topological polar surface area (TPSA) is 3.24 Å². The largest absolute Gasteiger partial charge is 0.299 e. The molecule has 0 bridgehead atoms. The van der Waals surface area contributed by atoms with E-state index in [0.717, 1.165) is 12.5 Å². The van der Waals surface area contributed by atoms with Crippen molar-refractivity contribution >= 4 is 31.9 Å². The van der Waals surface area contributed by atoms with Crippen LogP contribution >= 0.6 is 31.9 Å². The first-order chi connectivity index (χ1) is 10.2. The Morgan fingerprint density at radius 2 is 1.52 bits per heavy atom. The molecule has 3 heteroatoms. The van der Waals surface area contributed by atoms with Gasteiger partial charge in [-0.15, -0.1) is 0 Å². The summed E-state index contributed by atoms with van der Waals surface area (Å²) >= 11 is 7.31. The lowest BCUT2D eigenvalue weighted by Crippen LogP contribution is -2.20. The highest BCUT2D eigenvalue weighted by molar-refractivity contribution is 9.10. The van der Waals surface area contributed by atoms with Crippen LogP contribution in [0.15, 0.2) is 57.5 Å². The number of halogens is 2. The van der Waals surface area contributed by atoms with Crippen molar-refractivity contribution in [3.8, 4) is 0 Å². The standard InChI is InChI=1S/C18H19Br2N/c19-17-7-3-1-5-15(17)11-14-9-10-21(12-14)13-16-6-2-4-8-18(16)20/h1-8,14H,9-13H2. The van der Waals surface area contributed by atoms with Gasteiger partial charge >= 0.3 is 0 Å². The fourth-order valence-corrected chi connectivity index (χ4v) is 3.92. The van der Waals surface area contributed by atoms with Crippen LogP contribution < -0.4 is 0 Å². The SMILES string of the molecule is Brc1ccccc1CC1CCN(Cc2ccccc2Br)C1. The first-order valence-electron chi connectivity index (χ1n) is 7.41. The summed E-state index contributed by atoms with van der Waals surface area (Å²) in [5, 5.41) is 0. The van der Waals surface area contributed by atoms with Crippen molar-refractivity contribution in [3.05, 3.63) is 68.6 Å². The van der Waals surface area contributed by atoms with Gasteiger partial charge in [0.1, 0.15) is 0 Å². The fraction of sp³-hybridized carbons (Fsp3) is 0.333. The van der Waals surface area contributed by atoms with Crippen molar-refractivity contribution < 1.29 is 0 Å².